The summed E-state index contributed by atoms with van der Waals surface area (Å²) < 4.78 is 0. The largest absolute Gasteiger partial charge is 0.0966 e. The second-order valence-electron chi connectivity index (χ2n) is 6.52. The summed E-state index contributed by atoms with van der Waals surface area (Å²) in [5.74, 6) is 2.31. The zero-order valence-electron chi connectivity index (χ0n) is 11.8. The van der Waals surface area contributed by atoms with Crippen molar-refractivity contribution in [1.29, 1.82) is 0 Å². The Kier molecular flexibility index (Phi) is 4.22. The molecule has 0 atom stereocenters. The Morgan fingerprint density at radius 1 is 0.882 bits per heavy atom. The van der Waals surface area contributed by atoms with Gasteiger partial charge in [-0.1, -0.05) is 83.1 Å². The minimum atomic E-state index is -1.71. The Balaban J connectivity index is 3.42. The molecule has 1 aromatic carbocycles. The second kappa shape index (κ2) is 4.82. The van der Waals surface area contributed by atoms with Crippen molar-refractivity contribution in [3.8, 4) is 0 Å². The standard InChI is InChI=1S/C15H24ClP/c1-14(2,3)17(16,15(4,5)6)12-13-10-8-7-9-11-13/h7-12H,1-6H3. The topological polar surface area (TPSA) is 0 Å². The van der Waals surface area contributed by atoms with E-state index in [0.29, 0.717) is 0 Å². The lowest BCUT2D eigenvalue weighted by atomic mass is 10.2. The Morgan fingerprint density at radius 2 is 1.29 bits per heavy atom. The van der Waals surface area contributed by atoms with Crippen LogP contribution < -0.4 is 0 Å². The molecule has 0 aliphatic rings. The molecule has 17 heavy (non-hydrogen) atoms. The molecule has 0 spiro atoms. The predicted molar refractivity (Wildman–Crippen MR) is 83.9 cm³/mol. The van der Waals surface area contributed by atoms with Crippen molar-refractivity contribution in [2.45, 2.75) is 51.9 Å². The van der Waals surface area contributed by atoms with Crippen molar-refractivity contribution in [1.82, 2.24) is 0 Å². The van der Waals surface area contributed by atoms with Gasteiger partial charge in [-0.3, -0.25) is 0 Å². The molecule has 0 amide bonds. The summed E-state index contributed by atoms with van der Waals surface area (Å²) in [4.78, 5) is 0. The quantitative estimate of drug-likeness (QED) is 0.582. The number of hydrogen-bond acceptors (Lipinski definition) is 0. The van der Waals surface area contributed by atoms with Crippen LogP contribution in [0.4, 0.5) is 0 Å². The van der Waals surface area contributed by atoms with Gasteiger partial charge in [-0.2, -0.15) is 0 Å². The average molecular weight is 271 g/mol. The molecule has 0 heterocycles. The van der Waals surface area contributed by atoms with Crippen molar-refractivity contribution in [2.24, 2.45) is 0 Å². The molecule has 96 valence electrons. The third-order valence-corrected chi connectivity index (χ3v) is 11.0. The number of benzene rings is 1. The maximum Gasteiger partial charge on any atom is -0.00470 e. The molecule has 0 bridgehead atoms. The van der Waals surface area contributed by atoms with Gasteiger partial charge in [-0.05, 0) is 27.9 Å². The van der Waals surface area contributed by atoms with Crippen LogP contribution >= 0.6 is 17.5 Å². The van der Waals surface area contributed by atoms with Crippen molar-refractivity contribution in [3.05, 3.63) is 35.9 Å². The third-order valence-electron chi connectivity index (χ3n) is 3.08. The molecule has 0 fully saturated rings. The molecule has 0 aliphatic heterocycles. The normalized spacial score (nSPS) is 13.6. The van der Waals surface area contributed by atoms with Gasteiger partial charge < -0.3 is 0 Å². The molecule has 0 unspecified atom stereocenters. The highest BCUT2D eigenvalue weighted by atomic mass is 35.7. The van der Waals surface area contributed by atoms with E-state index in [2.05, 4.69) is 71.6 Å². The Hall–Kier alpha value is -0.190. The average Bonchev–Trinajstić information content (AvgIpc) is 2.15. The summed E-state index contributed by atoms with van der Waals surface area (Å²) in [6, 6.07) is 10.4. The van der Waals surface area contributed by atoms with Crippen LogP contribution in [0.5, 0.6) is 0 Å². The Labute approximate surface area is 111 Å². The molecule has 1 aromatic rings. The van der Waals surface area contributed by atoms with E-state index < -0.39 is 6.24 Å². The lowest BCUT2D eigenvalue weighted by molar-refractivity contribution is 0.716. The van der Waals surface area contributed by atoms with Crippen LogP contribution in [0, 0.1) is 0 Å². The van der Waals surface area contributed by atoms with E-state index in [9.17, 15) is 0 Å². The molecule has 0 radical (unpaired) electrons. The first-order valence-electron chi connectivity index (χ1n) is 6.07. The Morgan fingerprint density at radius 3 is 1.65 bits per heavy atom. The van der Waals surface area contributed by atoms with E-state index in [-0.39, 0.29) is 10.3 Å². The van der Waals surface area contributed by atoms with E-state index in [1.165, 1.54) is 5.56 Å². The monoisotopic (exact) mass is 270 g/mol. The highest BCUT2D eigenvalue weighted by Crippen LogP contribution is 2.71. The number of hydrogen-bond donors (Lipinski definition) is 0. The highest BCUT2D eigenvalue weighted by Gasteiger charge is 2.39. The van der Waals surface area contributed by atoms with E-state index in [1.54, 1.807) is 0 Å². The summed E-state index contributed by atoms with van der Waals surface area (Å²) in [6.45, 7) is 13.5. The molecule has 0 aliphatic carbocycles. The summed E-state index contributed by atoms with van der Waals surface area (Å²) >= 11 is 7.08. The SMILES string of the molecule is CC(C)(C)P(Cl)(=Cc1ccccc1)C(C)(C)C. The van der Waals surface area contributed by atoms with Gasteiger partial charge in [0.1, 0.15) is 0 Å². The van der Waals surface area contributed by atoms with Crippen LogP contribution in [-0.4, -0.2) is 16.1 Å². The fourth-order valence-corrected chi connectivity index (χ4v) is 5.85. The second-order valence-corrected chi connectivity index (χ2v) is 12.3. The fraction of sp³-hybridized carbons (Fsp3) is 0.533. The summed E-state index contributed by atoms with van der Waals surface area (Å²) in [5.41, 5.74) is 1.24. The van der Waals surface area contributed by atoms with Crippen LogP contribution in [0.2, 0.25) is 0 Å². The lowest BCUT2D eigenvalue weighted by Crippen LogP contribution is -2.27. The summed E-state index contributed by atoms with van der Waals surface area (Å²) in [5, 5.41) is 0.227. The smallest absolute Gasteiger partial charge is 0.00470 e. The minimum Gasteiger partial charge on any atom is -0.0966 e. The van der Waals surface area contributed by atoms with Gasteiger partial charge in [0.05, 0.1) is 0 Å². The molecule has 0 aromatic heterocycles. The Bertz CT molecular complexity index is 400. The van der Waals surface area contributed by atoms with E-state index >= 15 is 0 Å². The molecule has 0 nitrogen and oxygen atoms in total. The maximum atomic E-state index is 7.08. The first-order valence-corrected chi connectivity index (χ1v) is 8.84. The molecule has 0 saturated carbocycles. The van der Waals surface area contributed by atoms with Gasteiger partial charge in [0.2, 0.25) is 0 Å². The van der Waals surface area contributed by atoms with Gasteiger partial charge in [-0.25, -0.2) is 0 Å². The van der Waals surface area contributed by atoms with Crippen LogP contribution in [0.15, 0.2) is 30.3 Å². The molecule has 1 rings (SSSR count). The van der Waals surface area contributed by atoms with E-state index in [4.69, 9.17) is 11.2 Å². The van der Waals surface area contributed by atoms with Gasteiger partial charge in [0.25, 0.3) is 0 Å². The molecule has 0 saturated heterocycles. The summed E-state index contributed by atoms with van der Waals surface area (Å²) in [7, 11) is 0. The fourth-order valence-electron chi connectivity index (χ4n) is 2.14. The van der Waals surface area contributed by atoms with Crippen LogP contribution in [0.1, 0.15) is 47.1 Å². The lowest BCUT2D eigenvalue weighted by Gasteiger charge is -2.43. The highest BCUT2D eigenvalue weighted by molar-refractivity contribution is 7.99. The zero-order valence-corrected chi connectivity index (χ0v) is 13.4. The number of halogens is 1. The molecular weight excluding hydrogens is 247 g/mol. The molecular formula is C15H24ClP. The van der Waals surface area contributed by atoms with Gasteiger partial charge in [-0.15, -0.1) is 0 Å². The van der Waals surface area contributed by atoms with E-state index in [0.717, 1.165) is 0 Å². The zero-order chi connectivity index (χ0) is 13.3. The van der Waals surface area contributed by atoms with Crippen molar-refractivity contribution < 1.29 is 0 Å². The molecule has 0 N–H and O–H groups in total. The third kappa shape index (κ3) is 3.18. The first-order chi connectivity index (χ1) is 7.58. The van der Waals surface area contributed by atoms with Crippen LogP contribution in [0.3, 0.4) is 0 Å². The van der Waals surface area contributed by atoms with E-state index in [1.807, 2.05) is 6.07 Å². The number of rotatable bonds is 1. The minimum absolute atomic E-state index is 0.114. The summed E-state index contributed by atoms with van der Waals surface area (Å²) in [6.07, 6.45) is -1.71. The van der Waals surface area contributed by atoms with Gasteiger partial charge in [0.15, 0.2) is 0 Å². The van der Waals surface area contributed by atoms with Gasteiger partial charge in [0, 0.05) is 0 Å². The molecule has 2 heteroatoms. The van der Waals surface area contributed by atoms with Crippen molar-refractivity contribution in [2.75, 3.05) is 0 Å². The van der Waals surface area contributed by atoms with Crippen molar-refractivity contribution >= 4 is 23.3 Å². The maximum absolute atomic E-state index is 7.08. The first kappa shape index (κ1) is 14.9. The van der Waals surface area contributed by atoms with Gasteiger partial charge >= 0.3 is 0 Å². The van der Waals surface area contributed by atoms with Crippen LogP contribution in [-0.2, 0) is 0 Å². The predicted octanol–water partition coefficient (Wildman–Crippen LogP) is 5.61. The van der Waals surface area contributed by atoms with Crippen LogP contribution in [0.25, 0.3) is 0 Å². The van der Waals surface area contributed by atoms with Crippen molar-refractivity contribution in [3.63, 3.8) is 0 Å².